The van der Waals surface area contributed by atoms with Crippen molar-refractivity contribution in [1.82, 2.24) is 5.32 Å². The number of amides is 1. The van der Waals surface area contributed by atoms with Crippen molar-refractivity contribution in [2.75, 3.05) is 13.1 Å². The Bertz CT molecular complexity index is 287. The monoisotopic (exact) mass is 210 g/mol. The lowest BCUT2D eigenvalue weighted by Gasteiger charge is -2.33. The van der Waals surface area contributed by atoms with Crippen LogP contribution in [0.2, 0.25) is 0 Å². The predicted octanol–water partition coefficient (Wildman–Crippen LogP) is 1.13. The standard InChI is InChI=1S/C12H22N2O/c1-8-4-11(2,3)6-12(8)7-14-5-9(12)10(13)15/h8-9,14H,4-7H2,1-3H3,(H2,13,15). The number of nitrogens with two attached hydrogens (primary N) is 1. The van der Waals surface area contributed by atoms with Crippen LogP contribution >= 0.6 is 0 Å². The van der Waals surface area contributed by atoms with Gasteiger partial charge in [-0.05, 0) is 29.6 Å². The number of hydrogen-bond acceptors (Lipinski definition) is 2. The SMILES string of the molecule is CC1CC(C)(C)CC12CNCC2C(N)=O. The molecular weight excluding hydrogens is 188 g/mol. The van der Waals surface area contributed by atoms with Gasteiger partial charge in [0.1, 0.15) is 0 Å². The number of rotatable bonds is 1. The Hall–Kier alpha value is -0.570. The van der Waals surface area contributed by atoms with E-state index in [-0.39, 0.29) is 17.2 Å². The van der Waals surface area contributed by atoms with Crippen LogP contribution in [0.1, 0.15) is 33.6 Å². The molecule has 1 spiro atoms. The molecule has 2 fully saturated rings. The van der Waals surface area contributed by atoms with Gasteiger partial charge < -0.3 is 11.1 Å². The van der Waals surface area contributed by atoms with Gasteiger partial charge >= 0.3 is 0 Å². The van der Waals surface area contributed by atoms with E-state index in [1.807, 2.05) is 0 Å². The van der Waals surface area contributed by atoms with Crippen LogP contribution in [0, 0.1) is 22.7 Å². The lowest BCUT2D eigenvalue weighted by Crippen LogP contribution is -2.40. The molecule has 1 heterocycles. The molecule has 0 aromatic rings. The van der Waals surface area contributed by atoms with Crippen molar-refractivity contribution in [2.24, 2.45) is 28.4 Å². The minimum Gasteiger partial charge on any atom is -0.369 e. The zero-order chi connectivity index (χ0) is 11.3. The second kappa shape index (κ2) is 3.21. The normalized spacial score (nSPS) is 43.7. The number of hydrogen-bond donors (Lipinski definition) is 2. The zero-order valence-electron chi connectivity index (χ0n) is 9.97. The summed E-state index contributed by atoms with van der Waals surface area (Å²) in [5.74, 6) is 0.513. The Balaban J connectivity index is 2.29. The maximum absolute atomic E-state index is 11.5. The van der Waals surface area contributed by atoms with Crippen LogP contribution < -0.4 is 11.1 Å². The molecule has 3 nitrogen and oxygen atoms in total. The van der Waals surface area contributed by atoms with Gasteiger partial charge in [0.05, 0.1) is 5.92 Å². The average molecular weight is 210 g/mol. The molecule has 3 unspecified atom stereocenters. The molecule has 86 valence electrons. The van der Waals surface area contributed by atoms with Gasteiger partial charge in [-0.2, -0.15) is 0 Å². The number of carbonyl (C=O) groups is 1. The van der Waals surface area contributed by atoms with Crippen molar-refractivity contribution in [3.63, 3.8) is 0 Å². The van der Waals surface area contributed by atoms with Gasteiger partial charge in [-0.25, -0.2) is 0 Å². The molecule has 15 heavy (non-hydrogen) atoms. The molecular formula is C12H22N2O. The molecule has 1 saturated heterocycles. The van der Waals surface area contributed by atoms with E-state index in [9.17, 15) is 4.79 Å². The Kier molecular flexibility index (Phi) is 2.34. The number of primary amides is 1. The van der Waals surface area contributed by atoms with Gasteiger partial charge in [0, 0.05) is 13.1 Å². The molecule has 0 aromatic heterocycles. The molecule has 3 heteroatoms. The van der Waals surface area contributed by atoms with Gasteiger partial charge in [0.25, 0.3) is 0 Å². The fourth-order valence-electron chi connectivity index (χ4n) is 4.03. The highest BCUT2D eigenvalue weighted by Crippen LogP contribution is 2.57. The highest BCUT2D eigenvalue weighted by molar-refractivity contribution is 5.78. The van der Waals surface area contributed by atoms with E-state index >= 15 is 0 Å². The minimum atomic E-state index is -0.121. The zero-order valence-corrected chi connectivity index (χ0v) is 9.97. The van der Waals surface area contributed by atoms with E-state index in [1.165, 1.54) is 6.42 Å². The molecule has 1 amide bonds. The molecule has 0 radical (unpaired) electrons. The highest BCUT2D eigenvalue weighted by Gasteiger charge is 2.56. The largest absolute Gasteiger partial charge is 0.369 e. The maximum Gasteiger partial charge on any atom is 0.222 e. The summed E-state index contributed by atoms with van der Waals surface area (Å²) < 4.78 is 0. The Morgan fingerprint density at radius 2 is 2.13 bits per heavy atom. The third-order valence-corrected chi connectivity index (χ3v) is 4.49. The molecule has 3 atom stereocenters. The van der Waals surface area contributed by atoms with Crippen LogP contribution in [-0.2, 0) is 4.79 Å². The second-order valence-electron chi connectivity index (χ2n) is 6.27. The summed E-state index contributed by atoms with van der Waals surface area (Å²) in [6, 6.07) is 0. The van der Waals surface area contributed by atoms with Crippen LogP contribution in [-0.4, -0.2) is 19.0 Å². The fourth-order valence-corrected chi connectivity index (χ4v) is 4.03. The first-order valence-electron chi connectivity index (χ1n) is 5.87. The van der Waals surface area contributed by atoms with Crippen LogP contribution in [0.15, 0.2) is 0 Å². The van der Waals surface area contributed by atoms with E-state index in [0.717, 1.165) is 19.5 Å². The highest BCUT2D eigenvalue weighted by atomic mass is 16.1. The first-order valence-corrected chi connectivity index (χ1v) is 5.87. The smallest absolute Gasteiger partial charge is 0.222 e. The van der Waals surface area contributed by atoms with Crippen LogP contribution in [0.25, 0.3) is 0 Å². The lowest BCUT2D eigenvalue weighted by molar-refractivity contribution is -0.125. The first-order chi connectivity index (χ1) is 6.87. The molecule has 1 saturated carbocycles. The van der Waals surface area contributed by atoms with Gasteiger partial charge in [-0.15, -0.1) is 0 Å². The van der Waals surface area contributed by atoms with Crippen LogP contribution in [0.4, 0.5) is 0 Å². The molecule has 0 aromatic carbocycles. The Labute approximate surface area is 91.8 Å². The number of nitrogens with one attached hydrogen (secondary N) is 1. The van der Waals surface area contributed by atoms with Gasteiger partial charge in [-0.3, -0.25) is 4.79 Å². The predicted molar refractivity (Wildman–Crippen MR) is 60.2 cm³/mol. The van der Waals surface area contributed by atoms with Gasteiger partial charge in [0.15, 0.2) is 0 Å². The molecule has 1 aliphatic carbocycles. The Morgan fingerprint density at radius 3 is 2.60 bits per heavy atom. The summed E-state index contributed by atoms with van der Waals surface area (Å²) in [7, 11) is 0. The summed E-state index contributed by atoms with van der Waals surface area (Å²) >= 11 is 0. The summed E-state index contributed by atoms with van der Waals surface area (Å²) in [5, 5.41) is 3.35. The van der Waals surface area contributed by atoms with Gasteiger partial charge in [-0.1, -0.05) is 20.8 Å². The van der Waals surface area contributed by atoms with Crippen molar-refractivity contribution in [1.29, 1.82) is 0 Å². The van der Waals surface area contributed by atoms with E-state index in [1.54, 1.807) is 0 Å². The van der Waals surface area contributed by atoms with Crippen molar-refractivity contribution in [3.05, 3.63) is 0 Å². The van der Waals surface area contributed by atoms with Crippen molar-refractivity contribution < 1.29 is 4.79 Å². The third kappa shape index (κ3) is 1.57. The van der Waals surface area contributed by atoms with E-state index < -0.39 is 0 Å². The van der Waals surface area contributed by atoms with E-state index in [2.05, 4.69) is 26.1 Å². The topological polar surface area (TPSA) is 55.1 Å². The lowest BCUT2D eigenvalue weighted by atomic mass is 9.70. The van der Waals surface area contributed by atoms with E-state index in [0.29, 0.717) is 11.3 Å². The summed E-state index contributed by atoms with van der Waals surface area (Å²) in [6.07, 6.45) is 2.33. The Morgan fingerprint density at radius 1 is 1.47 bits per heavy atom. The molecule has 2 rings (SSSR count). The van der Waals surface area contributed by atoms with Gasteiger partial charge in [0.2, 0.25) is 5.91 Å². The molecule has 3 N–H and O–H groups in total. The van der Waals surface area contributed by atoms with E-state index in [4.69, 9.17) is 5.73 Å². The molecule has 1 aliphatic heterocycles. The van der Waals surface area contributed by atoms with Crippen LogP contribution in [0.3, 0.4) is 0 Å². The molecule has 2 aliphatic rings. The van der Waals surface area contributed by atoms with Crippen molar-refractivity contribution >= 4 is 5.91 Å². The minimum absolute atomic E-state index is 0.0364. The van der Waals surface area contributed by atoms with Crippen molar-refractivity contribution in [2.45, 2.75) is 33.6 Å². The quantitative estimate of drug-likeness (QED) is 0.681. The summed E-state index contributed by atoms with van der Waals surface area (Å²) in [6.45, 7) is 8.61. The number of carbonyl (C=O) groups excluding carboxylic acids is 1. The fraction of sp³-hybridized carbons (Fsp3) is 0.917. The van der Waals surface area contributed by atoms with Crippen LogP contribution in [0.5, 0.6) is 0 Å². The summed E-state index contributed by atoms with van der Waals surface area (Å²) in [4.78, 5) is 11.5. The maximum atomic E-state index is 11.5. The molecule has 0 bridgehead atoms. The third-order valence-electron chi connectivity index (χ3n) is 4.49. The summed E-state index contributed by atoms with van der Waals surface area (Å²) in [5.41, 5.74) is 6.02. The van der Waals surface area contributed by atoms with Crippen molar-refractivity contribution in [3.8, 4) is 0 Å². The first kappa shape index (κ1) is 10.9. The average Bonchev–Trinajstić information content (AvgIpc) is 2.55. The second-order valence-corrected chi connectivity index (χ2v) is 6.27.